The van der Waals surface area contributed by atoms with Crippen LogP contribution in [0.25, 0.3) is 0 Å². The first kappa shape index (κ1) is 12.8. The van der Waals surface area contributed by atoms with Gasteiger partial charge in [0.05, 0.1) is 5.69 Å². The van der Waals surface area contributed by atoms with Crippen molar-refractivity contribution in [3.63, 3.8) is 0 Å². The predicted octanol–water partition coefficient (Wildman–Crippen LogP) is 4.36. The summed E-state index contributed by atoms with van der Waals surface area (Å²) in [6, 6.07) is 8.38. The number of benzene rings is 1. The molecule has 1 heterocycles. The summed E-state index contributed by atoms with van der Waals surface area (Å²) in [5, 5.41) is 3.65. The Morgan fingerprint density at radius 2 is 2.11 bits per heavy atom. The number of halogens is 2. The van der Waals surface area contributed by atoms with Crippen LogP contribution in [-0.2, 0) is 0 Å². The van der Waals surface area contributed by atoms with Gasteiger partial charge in [0, 0.05) is 12.2 Å². The van der Waals surface area contributed by atoms with Gasteiger partial charge in [0.1, 0.15) is 5.82 Å². The molecule has 0 saturated carbocycles. The maximum Gasteiger partial charge on any atom is 0.152 e. The molecule has 0 saturated heterocycles. The summed E-state index contributed by atoms with van der Waals surface area (Å²) >= 11 is 6.01. The second-order valence-electron chi connectivity index (χ2n) is 4.27. The quantitative estimate of drug-likeness (QED) is 0.834. The van der Waals surface area contributed by atoms with Gasteiger partial charge in [-0.1, -0.05) is 23.7 Å². The van der Waals surface area contributed by atoms with Gasteiger partial charge in [0.15, 0.2) is 5.15 Å². The van der Waals surface area contributed by atoms with Gasteiger partial charge in [-0.15, -0.1) is 0 Å². The Morgan fingerprint density at radius 3 is 2.83 bits per heavy atom. The van der Waals surface area contributed by atoms with Crippen molar-refractivity contribution in [2.45, 2.75) is 19.9 Å². The largest absolute Gasteiger partial charge is 0.376 e. The summed E-state index contributed by atoms with van der Waals surface area (Å²) in [5.74, 6) is -0.241. The molecule has 2 rings (SSSR count). The van der Waals surface area contributed by atoms with Crippen LogP contribution >= 0.6 is 11.6 Å². The molecular formula is C14H14ClFN2. The molecule has 0 amide bonds. The topological polar surface area (TPSA) is 24.9 Å². The number of aryl methyl sites for hydroxylation is 1. The predicted molar refractivity (Wildman–Crippen MR) is 72.4 cm³/mol. The summed E-state index contributed by atoms with van der Waals surface area (Å²) in [6.45, 7) is 3.90. The minimum absolute atomic E-state index is 0.0400. The Balaban J connectivity index is 2.21. The monoisotopic (exact) mass is 264 g/mol. The van der Waals surface area contributed by atoms with Gasteiger partial charge >= 0.3 is 0 Å². The molecule has 0 fully saturated rings. The van der Waals surface area contributed by atoms with E-state index in [9.17, 15) is 4.39 Å². The van der Waals surface area contributed by atoms with Crippen molar-refractivity contribution in [2.24, 2.45) is 0 Å². The summed E-state index contributed by atoms with van der Waals surface area (Å²) < 4.78 is 13.1. The molecule has 1 aromatic carbocycles. The van der Waals surface area contributed by atoms with Gasteiger partial charge in [-0.2, -0.15) is 0 Å². The number of anilines is 1. The maximum absolute atomic E-state index is 13.1. The van der Waals surface area contributed by atoms with Crippen LogP contribution in [0.5, 0.6) is 0 Å². The van der Waals surface area contributed by atoms with Crippen LogP contribution in [0, 0.1) is 12.7 Å². The summed E-state index contributed by atoms with van der Waals surface area (Å²) in [4.78, 5) is 4.07. The molecule has 1 aromatic heterocycles. The van der Waals surface area contributed by atoms with E-state index < -0.39 is 0 Å². The van der Waals surface area contributed by atoms with E-state index in [1.54, 1.807) is 12.3 Å². The molecule has 2 aromatic rings. The van der Waals surface area contributed by atoms with Crippen LogP contribution in [0.2, 0.25) is 5.15 Å². The standard InChI is InChI=1S/C14H14ClFN2/c1-9-6-13(14(15)17-8-9)18-10(2)11-4-3-5-12(16)7-11/h3-8,10,18H,1-2H3. The fourth-order valence-corrected chi connectivity index (χ4v) is 1.90. The lowest BCUT2D eigenvalue weighted by Crippen LogP contribution is -2.07. The first-order valence-corrected chi connectivity index (χ1v) is 6.08. The van der Waals surface area contributed by atoms with Gasteiger partial charge in [-0.3, -0.25) is 0 Å². The van der Waals surface area contributed by atoms with E-state index >= 15 is 0 Å². The zero-order chi connectivity index (χ0) is 13.1. The molecule has 2 nitrogen and oxygen atoms in total. The SMILES string of the molecule is Cc1cnc(Cl)c(NC(C)c2cccc(F)c2)c1. The van der Waals surface area contributed by atoms with Gasteiger partial charge in [0.25, 0.3) is 0 Å². The Kier molecular flexibility index (Phi) is 3.82. The number of hydrogen-bond acceptors (Lipinski definition) is 2. The van der Waals surface area contributed by atoms with Gasteiger partial charge in [-0.05, 0) is 43.2 Å². The molecule has 0 aliphatic carbocycles. The van der Waals surface area contributed by atoms with Crippen LogP contribution < -0.4 is 5.32 Å². The molecule has 94 valence electrons. The maximum atomic E-state index is 13.1. The fourth-order valence-electron chi connectivity index (χ4n) is 1.75. The second-order valence-corrected chi connectivity index (χ2v) is 4.63. The zero-order valence-corrected chi connectivity index (χ0v) is 11.0. The number of pyridine rings is 1. The molecule has 18 heavy (non-hydrogen) atoms. The molecule has 0 radical (unpaired) electrons. The van der Waals surface area contributed by atoms with Gasteiger partial charge in [-0.25, -0.2) is 9.37 Å². The van der Waals surface area contributed by atoms with E-state index in [0.29, 0.717) is 5.15 Å². The van der Waals surface area contributed by atoms with Gasteiger partial charge < -0.3 is 5.32 Å². The smallest absolute Gasteiger partial charge is 0.152 e. The summed E-state index contributed by atoms with van der Waals surface area (Å²) in [7, 11) is 0. The molecule has 1 N–H and O–H groups in total. The molecule has 0 aliphatic heterocycles. The number of rotatable bonds is 3. The third-order valence-corrected chi connectivity index (χ3v) is 3.00. The number of nitrogens with zero attached hydrogens (tertiary/aromatic N) is 1. The lowest BCUT2D eigenvalue weighted by atomic mass is 10.1. The van der Waals surface area contributed by atoms with Crippen molar-refractivity contribution in [1.29, 1.82) is 0 Å². The average Bonchev–Trinajstić information content (AvgIpc) is 2.34. The van der Waals surface area contributed by atoms with Crippen molar-refractivity contribution >= 4 is 17.3 Å². The van der Waals surface area contributed by atoms with Crippen LogP contribution in [0.15, 0.2) is 36.5 Å². The van der Waals surface area contributed by atoms with Crippen molar-refractivity contribution in [1.82, 2.24) is 4.98 Å². The highest BCUT2D eigenvalue weighted by Crippen LogP contribution is 2.25. The highest BCUT2D eigenvalue weighted by Gasteiger charge is 2.09. The molecule has 0 aliphatic rings. The van der Waals surface area contributed by atoms with Crippen molar-refractivity contribution < 1.29 is 4.39 Å². The Labute approximate surface area is 111 Å². The van der Waals surface area contributed by atoms with E-state index in [-0.39, 0.29) is 11.9 Å². The van der Waals surface area contributed by atoms with Crippen LogP contribution in [0.1, 0.15) is 24.1 Å². The molecule has 1 atom stereocenters. The Hall–Kier alpha value is -1.61. The van der Waals surface area contributed by atoms with Crippen molar-refractivity contribution in [2.75, 3.05) is 5.32 Å². The van der Waals surface area contributed by atoms with Crippen LogP contribution in [0.4, 0.5) is 10.1 Å². The third-order valence-electron chi connectivity index (χ3n) is 2.70. The van der Waals surface area contributed by atoms with E-state index in [2.05, 4.69) is 10.3 Å². The fraction of sp³-hybridized carbons (Fsp3) is 0.214. The highest BCUT2D eigenvalue weighted by molar-refractivity contribution is 6.31. The van der Waals surface area contributed by atoms with E-state index in [4.69, 9.17) is 11.6 Å². The van der Waals surface area contributed by atoms with Crippen molar-refractivity contribution in [3.8, 4) is 0 Å². The minimum atomic E-state index is -0.241. The van der Waals surface area contributed by atoms with Gasteiger partial charge in [0.2, 0.25) is 0 Å². The first-order valence-electron chi connectivity index (χ1n) is 5.70. The lowest BCUT2D eigenvalue weighted by Gasteiger charge is -2.16. The molecule has 0 bridgehead atoms. The first-order chi connectivity index (χ1) is 8.56. The molecule has 1 unspecified atom stereocenters. The second kappa shape index (κ2) is 5.36. The van der Waals surface area contributed by atoms with Crippen LogP contribution in [-0.4, -0.2) is 4.98 Å². The van der Waals surface area contributed by atoms with Crippen LogP contribution in [0.3, 0.4) is 0 Å². The van der Waals surface area contributed by atoms with E-state index in [0.717, 1.165) is 16.8 Å². The third kappa shape index (κ3) is 2.99. The summed E-state index contributed by atoms with van der Waals surface area (Å²) in [5.41, 5.74) is 2.65. The molecule has 4 heteroatoms. The Bertz CT molecular complexity index is 557. The lowest BCUT2D eigenvalue weighted by molar-refractivity contribution is 0.623. The Morgan fingerprint density at radius 1 is 1.33 bits per heavy atom. The number of aromatic nitrogens is 1. The number of nitrogens with one attached hydrogen (secondary N) is 1. The summed E-state index contributed by atoms with van der Waals surface area (Å²) in [6.07, 6.45) is 1.71. The van der Waals surface area contributed by atoms with E-state index in [1.807, 2.05) is 26.0 Å². The zero-order valence-electron chi connectivity index (χ0n) is 10.2. The molecular weight excluding hydrogens is 251 g/mol. The average molecular weight is 265 g/mol. The van der Waals surface area contributed by atoms with Crippen molar-refractivity contribution in [3.05, 3.63) is 58.6 Å². The minimum Gasteiger partial charge on any atom is -0.376 e. The molecule has 0 spiro atoms. The van der Waals surface area contributed by atoms with E-state index in [1.165, 1.54) is 12.1 Å². The number of hydrogen-bond donors (Lipinski definition) is 1. The highest BCUT2D eigenvalue weighted by atomic mass is 35.5. The normalized spacial score (nSPS) is 12.2.